The maximum Gasteiger partial charge on any atom is 0.156 e. The first kappa shape index (κ1) is 18.0. The third-order valence-electron chi connectivity index (χ3n) is 6.89. The molecule has 2 aliphatic heterocycles. The molecular weight excluding hydrogens is 324 g/mol. The predicted molar refractivity (Wildman–Crippen MR) is 103 cm³/mol. The van der Waals surface area contributed by atoms with E-state index in [-0.39, 0.29) is 23.4 Å². The van der Waals surface area contributed by atoms with Gasteiger partial charge in [-0.2, -0.15) is 0 Å². The van der Waals surface area contributed by atoms with Crippen LogP contribution in [0.5, 0.6) is 0 Å². The van der Waals surface area contributed by atoms with E-state index in [0.29, 0.717) is 18.0 Å². The average molecular weight is 357 g/mol. The highest BCUT2D eigenvalue weighted by atomic mass is 16.1. The quantitative estimate of drug-likeness (QED) is 0.491. The van der Waals surface area contributed by atoms with E-state index < -0.39 is 0 Å². The zero-order chi connectivity index (χ0) is 18.3. The average Bonchev–Trinajstić information content (AvgIpc) is 3.00. The normalized spacial score (nSPS) is 34.2. The number of hydrogen-bond acceptors (Lipinski definition) is 4. The van der Waals surface area contributed by atoms with Gasteiger partial charge in [0.05, 0.1) is 12.0 Å². The van der Waals surface area contributed by atoms with Crippen LogP contribution in [0.2, 0.25) is 0 Å². The van der Waals surface area contributed by atoms with Crippen molar-refractivity contribution in [2.75, 3.05) is 6.54 Å². The number of unbranched alkanes of at least 4 members (excludes halogenated alkanes) is 6. The SMILES string of the molecule is CCCCCCCCCC(=O)C1C=C2C(CC(C)=C3NCC4C(=O)C234)N1. The topological polar surface area (TPSA) is 58.2 Å². The summed E-state index contributed by atoms with van der Waals surface area (Å²) in [6, 6.07) is -0.0122. The minimum atomic E-state index is -0.381. The molecule has 26 heavy (non-hydrogen) atoms. The molecule has 4 aliphatic rings. The van der Waals surface area contributed by atoms with Gasteiger partial charge in [0.1, 0.15) is 5.41 Å². The van der Waals surface area contributed by atoms with Gasteiger partial charge >= 0.3 is 0 Å². The smallest absolute Gasteiger partial charge is 0.156 e. The highest BCUT2D eigenvalue weighted by Gasteiger charge is 2.74. The Labute approximate surface area is 156 Å². The molecule has 2 heterocycles. The molecular formula is C22H32N2O2. The fraction of sp³-hybridized carbons (Fsp3) is 0.727. The van der Waals surface area contributed by atoms with E-state index in [9.17, 15) is 9.59 Å². The maximum atomic E-state index is 12.7. The summed E-state index contributed by atoms with van der Waals surface area (Å²) in [6.45, 7) is 5.13. The van der Waals surface area contributed by atoms with Crippen LogP contribution in [0, 0.1) is 11.3 Å². The van der Waals surface area contributed by atoms with Crippen LogP contribution in [0.15, 0.2) is 22.9 Å². The fourth-order valence-corrected chi connectivity index (χ4v) is 5.46. The van der Waals surface area contributed by atoms with Gasteiger partial charge in [-0.25, -0.2) is 0 Å². The summed E-state index contributed by atoms with van der Waals surface area (Å²) >= 11 is 0. The third kappa shape index (κ3) is 2.69. The molecule has 1 saturated heterocycles. The first-order valence-electron chi connectivity index (χ1n) is 10.6. The summed E-state index contributed by atoms with van der Waals surface area (Å²) < 4.78 is 0. The van der Waals surface area contributed by atoms with Crippen molar-refractivity contribution in [2.24, 2.45) is 11.3 Å². The van der Waals surface area contributed by atoms with Gasteiger partial charge in [0, 0.05) is 24.7 Å². The first-order valence-corrected chi connectivity index (χ1v) is 10.6. The Morgan fingerprint density at radius 3 is 2.65 bits per heavy atom. The number of ketones is 2. The summed E-state index contributed by atoms with van der Waals surface area (Å²) in [7, 11) is 0. The minimum Gasteiger partial charge on any atom is -0.386 e. The number of piperidine rings is 1. The van der Waals surface area contributed by atoms with Gasteiger partial charge in [-0.1, -0.05) is 57.1 Å². The molecule has 4 nitrogen and oxygen atoms in total. The van der Waals surface area contributed by atoms with Crippen LogP contribution in [0.3, 0.4) is 0 Å². The van der Waals surface area contributed by atoms with Crippen LogP contribution in [-0.2, 0) is 9.59 Å². The van der Waals surface area contributed by atoms with E-state index in [1.165, 1.54) is 43.3 Å². The van der Waals surface area contributed by atoms with E-state index >= 15 is 0 Å². The molecule has 0 aromatic carbocycles. The number of Topliss-reactive ketones (excluding diaryl/α,β-unsaturated/α-hetero) is 2. The predicted octanol–water partition coefficient (Wildman–Crippen LogP) is 3.43. The molecule has 2 N–H and O–H groups in total. The number of hydrogen-bond donors (Lipinski definition) is 2. The Hall–Kier alpha value is -1.42. The molecule has 4 atom stereocenters. The lowest BCUT2D eigenvalue weighted by Crippen LogP contribution is -2.41. The molecule has 0 amide bonds. The molecule has 4 unspecified atom stereocenters. The van der Waals surface area contributed by atoms with Crippen LogP contribution < -0.4 is 10.6 Å². The van der Waals surface area contributed by atoms with Crippen molar-refractivity contribution in [3.8, 4) is 0 Å². The highest BCUT2D eigenvalue weighted by molar-refractivity contribution is 6.12. The van der Waals surface area contributed by atoms with Gasteiger partial charge in [-0.3, -0.25) is 14.9 Å². The second-order valence-electron chi connectivity index (χ2n) is 8.62. The van der Waals surface area contributed by atoms with Gasteiger partial charge in [0.2, 0.25) is 0 Å². The van der Waals surface area contributed by atoms with Crippen molar-refractivity contribution in [2.45, 2.75) is 83.7 Å². The minimum absolute atomic E-state index is 0.111. The van der Waals surface area contributed by atoms with E-state index in [1.807, 2.05) is 0 Å². The van der Waals surface area contributed by atoms with E-state index in [0.717, 1.165) is 31.5 Å². The van der Waals surface area contributed by atoms with Crippen LogP contribution in [0.1, 0.15) is 71.6 Å². The summed E-state index contributed by atoms with van der Waals surface area (Å²) in [5.74, 6) is 0.774. The number of carbonyl (C=O) groups excluding carboxylic acids is 2. The van der Waals surface area contributed by atoms with Crippen LogP contribution in [-0.4, -0.2) is 30.2 Å². The van der Waals surface area contributed by atoms with Gasteiger partial charge in [-0.15, -0.1) is 0 Å². The lowest BCUT2D eigenvalue weighted by atomic mass is 9.78. The van der Waals surface area contributed by atoms with Crippen molar-refractivity contribution in [1.29, 1.82) is 0 Å². The van der Waals surface area contributed by atoms with Gasteiger partial charge in [0.25, 0.3) is 0 Å². The molecule has 0 aromatic heterocycles. The summed E-state index contributed by atoms with van der Waals surface area (Å²) in [5, 5.41) is 6.97. The van der Waals surface area contributed by atoms with Crippen molar-refractivity contribution in [1.82, 2.24) is 10.6 Å². The van der Waals surface area contributed by atoms with Crippen molar-refractivity contribution >= 4 is 11.6 Å². The van der Waals surface area contributed by atoms with E-state index in [2.05, 4.69) is 30.6 Å². The zero-order valence-corrected chi connectivity index (χ0v) is 16.2. The third-order valence-corrected chi connectivity index (χ3v) is 6.89. The Kier molecular flexibility index (Phi) is 4.81. The molecule has 4 rings (SSSR count). The Morgan fingerprint density at radius 2 is 1.92 bits per heavy atom. The van der Waals surface area contributed by atoms with Gasteiger partial charge in [-0.05, 0) is 25.3 Å². The van der Waals surface area contributed by atoms with Crippen molar-refractivity contribution in [3.05, 3.63) is 22.9 Å². The summed E-state index contributed by atoms with van der Waals surface area (Å²) in [5.41, 5.74) is 3.25. The summed E-state index contributed by atoms with van der Waals surface area (Å²) in [6.07, 6.45) is 12.3. The molecule has 2 aliphatic carbocycles. The number of allylic oxidation sites excluding steroid dienone is 1. The second kappa shape index (κ2) is 6.95. The Balaban J connectivity index is 1.33. The number of rotatable bonds is 9. The van der Waals surface area contributed by atoms with Crippen LogP contribution in [0.25, 0.3) is 0 Å². The van der Waals surface area contributed by atoms with Crippen molar-refractivity contribution < 1.29 is 9.59 Å². The lowest BCUT2D eigenvalue weighted by molar-refractivity contribution is -0.120. The molecule has 0 aromatic rings. The fourth-order valence-electron chi connectivity index (χ4n) is 5.46. The number of nitrogens with one attached hydrogen (secondary N) is 2. The molecule has 0 bridgehead atoms. The van der Waals surface area contributed by atoms with Crippen LogP contribution in [0.4, 0.5) is 0 Å². The summed E-state index contributed by atoms with van der Waals surface area (Å²) in [4.78, 5) is 25.2. The van der Waals surface area contributed by atoms with Gasteiger partial charge in [0.15, 0.2) is 11.6 Å². The molecule has 4 heteroatoms. The first-order chi connectivity index (χ1) is 12.6. The monoisotopic (exact) mass is 356 g/mol. The molecule has 1 saturated carbocycles. The van der Waals surface area contributed by atoms with Crippen molar-refractivity contribution in [3.63, 3.8) is 0 Å². The molecule has 0 radical (unpaired) electrons. The molecule has 2 fully saturated rings. The maximum absolute atomic E-state index is 12.7. The Morgan fingerprint density at radius 1 is 1.19 bits per heavy atom. The van der Waals surface area contributed by atoms with E-state index in [1.54, 1.807) is 0 Å². The van der Waals surface area contributed by atoms with Gasteiger partial charge < -0.3 is 5.32 Å². The largest absolute Gasteiger partial charge is 0.386 e. The highest BCUT2D eigenvalue weighted by Crippen LogP contribution is 2.65. The Bertz CT molecular complexity index is 678. The number of carbonyl (C=O) groups is 2. The zero-order valence-electron chi connectivity index (χ0n) is 16.2. The van der Waals surface area contributed by atoms with E-state index in [4.69, 9.17) is 0 Å². The second-order valence-corrected chi connectivity index (χ2v) is 8.62. The molecule has 142 valence electrons. The standard InChI is InChI=1S/C22H32N2O2/c1-3-4-5-6-7-8-9-10-19(25)18-12-15-17(24-18)11-14(2)20-22(15)16(13-23-20)21(22)26/h12,16-18,23-24H,3-11,13H2,1-2H3. The number of fused-ring (bicyclic) bond motifs is 1. The molecule has 1 spiro atoms. The lowest BCUT2D eigenvalue weighted by Gasteiger charge is -2.30. The van der Waals surface area contributed by atoms with Crippen LogP contribution >= 0.6 is 0 Å².